The minimum atomic E-state index is 0.268. The van der Waals surface area contributed by atoms with Crippen molar-refractivity contribution >= 4 is 0 Å². The van der Waals surface area contributed by atoms with E-state index >= 15 is 0 Å². The molecule has 17 heavy (non-hydrogen) atoms. The van der Waals surface area contributed by atoms with Gasteiger partial charge in [-0.15, -0.1) is 0 Å². The third-order valence-electron chi connectivity index (χ3n) is 5.14. The summed E-state index contributed by atoms with van der Waals surface area (Å²) in [6.45, 7) is 4.64. The van der Waals surface area contributed by atoms with E-state index in [1.165, 1.54) is 32.1 Å². The number of rotatable bonds is 4. The zero-order valence-corrected chi connectivity index (χ0v) is 11.5. The molecule has 0 amide bonds. The number of nitriles is 1. The molecule has 0 heterocycles. The lowest BCUT2D eigenvalue weighted by atomic mass is 9.77. The summed E-state index contributed by atoms with van der Waals surface area (Å²) in [4.78, 5) is 2.52. The molecule has 0 N–H and O–H groups in total. The zero-order valence-electron chi connectivity index (χ0n) is 11.5. The first kappa shape index (κ1) is 12.9. The van der Waals surface area contributed by atoms with Gasteiger partial charge in [0.2, 0.25) is 0 Å². The number of nitrogens with zero attached hydrogens (tertiary/aromatic N) is 2. The maximum atomic E-state index is 9.33. The van der Waals surface area contributed by atoms with Gasteiger partial charge in [-0.05, 0) is 57.9 Å². The lowest BCUT2D eigenvalue weighted by Crippen LogP contribution is -2.46. The van der Waals surface area contributed by atoms with Crippen LogP contribution < -0.4 is 0 Å². The molecule has 2 fully saturated rings. The Kier molecular flexibility index (Phi) is 4.09. The average molecular weight is 234 g/mol. The molecule has 0 bridgehead atoms. The van der Waals surface area contributed by atoms with Crippen LogP contribution in [0.1, 0.15) is 52.4 Å². The van der Waals surface area contributed by atoms with Crippen molar-refractivity contribution in [1.29, 1.82) is 5.26 Å². The largest absolute Gasteiger partial charge is 0.299 e. The quantitative estimate of drug-likeness (QED) is 0.745. The van der Waals surface area contributed by atoms with Crippen LogP contribution in [0.2, 0.25) is 0 Å². The predicted octanol–water partition coefficient (Wildman–Crippen LogP) is 3.44. The molecule has 2 nitrogen and oxygen atoms in total. The fourth-order valence-electron chi connectivity index (χ4n) is 3.42. The van der Waals surface area contributed by atoms with Crippen LogP contribution in [0, 0.1) is 29.1 Å². The Labute approximate surface area is 106 Å². The second kappa shape index (κ2) is 5.40. The summed E-state index contributed by atoms with van der Waals surface area (Å²) in [6.07, 6.45) is 7.68. The van der Waals surface area contributed by atoms with Gasteiger partial charge in [0, 0.05) is 12.1 Å². The lowest BCUT2D eigenvalue weighted by Gasteiger charge is -2.41. The molecule has 4 atom stereocenters. The van der Waals surface area contributed by atoms with Gasteiger partial charge in [0.15, 0.2) is 0 Å². The molecule has 0 radical (unpaired) electrons. The third kappa shape index (κ3) is 2.83. The normalized spacial score (nSPS) is 35.6. The Bertz CT molecular complexity index is 290. The van der Waals surface area contributed by atoms with Crippen LogP contribution in [0.4, 0.5) is 0 Å². The van der Waals surface area contributed by atoms with Gasteiger partial charge in [-0.1, -0.05) is 13.3 Å². The van der Waals surface area contributed by atoms with Crippen molar-refractivity contribution in [3.63, 3.8) is 0 Å². The first-order valence-corrected chi connectivity index (χ1v) is 7.28. The molecule has 0 spiro atoms. The van der Waals surface area contributed by atoms with E-state index in [4.69, 9.17) is 0 Å². The van der Waals surface area contributed by atoms with E-state index in [2.05, 4.69) is 31.9 Å². The standard InChI is InChI=1S/C15H26N2/c1-4-12-5-6-14(10-16)15(9-12)17(3)11(2)13-7-8-13/h11-15H,4-9H2,1-3H3. The molecule has 2 aliphatic rings. The first-order valence-electron chi connectivity index (χ1n) is 7.28. The van der Waals surface area contributed by atoms with Gasteiger partial charge in [0.05, 0.1) is 12.0 Å². The molecule has 0 aromatic rings. The average Bonchev–Trinajstić information content (AvgIpc) is 3.20. The molecule has 2 aliphatic carbocycles. The summed E-state index contributed by atoms with van der Waals surface area (Å²) in [7, 11) is 2.25. The van der Waals surface area contributed by atoms with Gasteiger partial charge < -0.3 is 0 Å². The Morgan fingerprint density at radius 3 is 2.53 bits per heavy atom. The highest BCUT2D eigenvalue weighted by molar-refractivity contribution is 4.99. The smallest absolute Gasteiger partial charge is 0.0672 e. The van der Waals surface area contributed by atoms with E-state index in [1.807, 2.05) is 0 Å². The second-order valence-electron chi connectivity index (χ2n) is 6.13. The predicted molar refractivity (Wildman–Crippen MR) is 70.5 cm³/mol. The Balaban J connectivity index is 2.00. The van der Waals surface area contributed by atoms with Crippen LogP contribution in [0.5, 0.6) is 0 Å². The fourth-order valence-corrected chi connectivity index (χ4v) is 3.42. The highest BCUT2D eigenvalue weighted by Crippen LogP contribution is 2.39. The Hall–Kier alpha value is -0.550. The summed E-state index contributed by atoms with van der Waals surface area (Å²) in [5.74, 6) is 2.02. The summed E-state index contributed by atoms with van der Waals surface area (Å²) in [5.41, 5.74) is 0. The summed E-state index contributed by atoms with van der Waals surface area (Å²) in [6, 6.07) is 3.73. The van der Waals surface area contributed by atoms with Crippen LogP contribution in [0.25, 0.3) is 0 Å². The molecular formula is C15H26N2. The maximum Gasteiger partial charge on any atom is 0.0672 e. The van der Waals surface area contributed by atoms with Crippen molar-refractivity contribution in [3.05, 3.63) is 0 Å². The molecule has 2 saturated carbocycles. The van der Waals surface area contributed by atoms with E-state index in [0.717, 1.165) is 18.3 Å². The van der Waals surface area contributed by atoms with Crippen molar-refractivity contribution in [2.75, 3.05) is 7.05 Å². The monoisotopic (exact) mass is 234 g/mol. The third-order valence-corrected chi connectivity index (χ3v) is 5.14. The number of hydrogen-bond acceptors (Lipinski definition) is 2. The minimum Gasteiger partial charge on any atom is -0.299 e. The molecule has 96 valence electrons. The Morgan fingerprint density at radius 2 is 2.00 bits per heavy atom. The summed E-state index contributed by atoms with van der Waals surface area (Å²) >= 11 is 0. The molecule has 4 unspecified atom stereocenters. The van der Waals surface area contributed by atoms with Crippen molar-refractivity contribution < 1.29 is 0 Å². The van der Waals surface area contributed by atoms with Crippen LogP contribution in [0.3, 0.4) is 0 Å². The summed E-state index contributed by atoms with van der Waals surface area (Å²) in [5, 5.41) is 9.33. The van der Waals surface area contributed by atoms with E-state index in [1.54, 1.807) is 0 Å². The van der Waals surface area contributed by atoms with E-state index in [9.17, 15) is 5.26 Å². The molecule has 0 aliphatic heterocycles. The fraction of sp³-hybridized carbons (Fsp3) is 0.933. The topological polar surface area (TPSA) is 27.0 Å². The zero-order chi connectivity index (χ0) is 12.4. The molecular weight excluding hydrogens is 208 g/mol. The van der Waals surface area contributed by atoms with Crippen molar-refractivity contribution in [1.82, 2.24) is 4.90 Å². The molecule has 0 aromatic heterocycles. The molecule has 0 saturated heterocycles. The molecule has 2 rings (SSSR count). The van der Waals surface area contributed by atoms with E-state index in [0.29, 0.717) is 12.1 Å². The van der Waals surface area contributed by atoms with Crippen LogP contribution in [-0.2, 0) is 0 Å². The van der Waals surface area contributed by atoms with Crippen molar-refractivity contribution in [3.8, 4) is 6.07 Å². The molecule has 0 aromatic carbocycles. The second-order valence-corrected chi connectivity index (χ2v) is 6.13. The molecule has 2 heteroatoms. The van der Waals surface area contributed by atoms with Crippen molar-refractivity contribution in [2.24, 2.45) is 17.8 Å². The van der Waals surface area contributed by atoms with Gasteiger partial charge in [-0.2, -0.15) is 5.26 Å². The summed E-state index contributed by atoms with van der Waals surface area (Å²) < 4.78 is 0. The van der Waals surface area contributed by atoms with Gasteiger partial charge >= 0.3 is 0 Å². The minimum absolute atomic E-state index is 0.268. The maximum absolute atomic E-state index is 9.33. The first-order chi connectivity index (χ1) is 8.17. The van der Waals surface area contributed by atoms with Crippen LogP contribution in [0.15, 0.2) is 0 Å². The Morgan fingerprint density at radius 1 is 1.29 bits per heavy atom. The van der Waals surface area contributed by atoms with E-state index < -0.39 is 0 Å². The SMILES string of the molecule is CCC1CCC(C#N)C(N(C)C(C)C2CC2)C1. The van der Waals surface area contributed by atoms with Crippen LogP contribution in [-0.4, -0.2) is 24.0 Å². The van der Waals surface area contributed by atoms with Gasteiger partial charge in [-0.3, -0.25) is 4.90 Å². The van der Waals surface area contributed by atoms with Gasteiger partial charge in [0.25, 0.3) is 0 Å². The van der Waals surface area contributed by atoms with E-state index in [-0.39, 0.29) is 5.92 Å². The van der Waals surface area contributed by atoms with Gasteiger partial charge in [-0.25, -0.2) is 0 Å². The highest BCUT2D eigenvalue weighted by Gasteiger charge is 2.38. The van der Waals surface area contributed by atoms with Gasteiger partial charge in [0.1, 0.15) is 0 Å². The lowest BCUT2D eigenvalue weighted by molar-refractivity contribution is 0.0837. The number of hydrogen-bond donors (Lipinski definition) is 0. The van der Waals surface area contributed by atoms with Crippen molar-refractivity contribution in [2.45, 2.75) is 64.5 Å². The highest BCUT2D eigenvalue weighted by atomic mass is 15.2. The van der Waals surface area contributed by atoms with Crippen LogP contribution >= 0.6 is 0 Å².